The van der Waals surface area contributed by atoms with E-state index in [2.05, 4.69) is 10.1 Å². The molecule has 0 radical (unpaired) electrons. The molecule has 1 N–H and O–H groups in total. The minimum absolute atomic E-state index is 0.0221. The maximum atomic E-state index is 11.3. The number of benzene rings is 1. The quantitative estimate of drug-likeness (QED) is 0.640. The average Bonchev–Trinajstić information content (AvgIpc) is 2.29. The maximum absolute atomic E-state index is 11.3. The minimum atomic E-state index is -0.940. The first-order valence-electron chi connectivity index (χ1n) is 5.19. The fraction of sp³-hybridized carbons (Fsp3) is 0.333. The molecule has 5 nitrogen and oxygen atoms in total. The third kappa shape index (κ3) is 3.79. The van der Waals surface area contributed by atoms with Crippen molar-refractivity contribution in [3.05, 3.63) is 24.3 Å². The van der Waals surface area contributed by atoms with Gasteiger partial charge in [0.05, 0.1) is 18.9 Å². The van der Waals surface area contributed by atoms with Gasteiger partial charge in [-0.3, -0.25) is 4.79 Å². The molecule has 0 spiro atoms. The van der Waals surface area contributed by atoms with Crippen LogP contribution in [-0.2, 0) is 14.3 Å². The lowest BCUT2D eigenvalue weighted by atomic mass is 10.3. The van der Waals surface area contributed by atoms with Crippen molar-refractivity contribution in [1.29, 1.82) is 0 Å². The lowest BCUT2D eigenvalue weighted by molar-refractivity contribution is -0.150. The first kappa shape index (κ1) is 13.0. The maximum Gasteiger partial charge on any atom is 0.396 e. The Labute approximate surface area is 99.7 Å². The molecule has 0 aliphatic carbocycles. The van der Waals surface area contributed by atoms with Gasteiger partial charge >= 0.3 is 11.9 Å². The van der Waals surface area contributed by atoms with E-state index < -0.39 is 11.9 Å². The monoisotopic (exact) mass is 237 g/mol. The summed E-state index contributed by atoms with van der Waals surface area (Å²) in [5.41, 5.74) is 0.441. The number of nitrogens with one attached hydrogen (secondary N) is 1. The van der Waals surface area contributed by atoms with Gasteiger partial charge in [0.15, 0.2) is 0 Å². The Balaban J connectivity index is 2.83. The molecule has 17 heavy (non-hydrogen) atoms. The fourth-order valence-corrected chi connectivity index (χ4v) is 1.19. The summed E-state index contributed by atoms with van der Waals surface area (Å²) >= 11 is 0. The van der Waals surface area contributed by atoms with Crippen molar-refractivity contribution in [2.45, 2.75) is 20.0 Å². The van der Waals surface area contributed by atoms with Crippen molar-refractivity contribution < 1.29 is 19.1 Å². The Bertz CT molecular complexity index is 415. The Morgan fingerprint density at radius 3 is 2.47 bits per heavy atom. The second kappa shape index (κ2) is 5.89. The van der Waals surface area contributed by atoms with Crippen molar-refractivity contribution in [2.24, 2.45) is 0 Å². The molecule has 0 atom stereocenters. The molecule has 0 saturated heterocycles. The number of amides is 1. The highest BCUT2D eigenvalue weighted by Gasteiger charge is 2.16. The van der Waals surface area contributed by atoms with Crippen LogP contribution in [0.1, 0.15) is 13.8 Å². The van der Waals surface area contributed by atoms with Crippen molar-refractivity contribution in [3.63, 3.8) is 0 Å². The summed E-state index contributed by atoms with van der Waals surface area (Å²) < 4.78 is 9.81. The van der Waals surface area contributed by atoms with Gasteiger partial charge in [0, 0.05) is 0 Å². The molecule has 1 aromatic carbocycles. The first-order valence-corrected chi connectivity index (χ1v) is 5.19. The van der Waals surface area contributed by atoms with Gasteiger partial charge in [0.2, 0.25) is 0 Å². The van der Waals surface area contributed by atoms with E-state index in [-0.39, 0.29) is 6.10 Å². The van der Waals surface area contributed by atoms with E-state index in [4.69, 9.17) is 4.74 Å². The molecule has 0 aliphatic rings. The van der Waals surface area contributed by atoms with Gasteiger partial charge in [-0.25, -0.2) is 4.79 Å². The summed E-state index contributed by atoms with van der Waals surface area (Å²) in [5, 5.41) is 2.43. The third-order valence-corrected chi connectivity index (χ3v) is 1.87. The number of rotatable bonds is 3. The first-order chi connectivity index (χ1) is 8.04. The zero-order chi connectivity index (χ0) is 12.8. The molecule has 0 heterocycles. The largest absolute Gasteiger partial charge is 0.489 e. The summed E-state index contributed by atoms with van der Waals surface area (Å²) in [4.78, 5) is 22.3. The van der Waals surface area contributed by atoms with Gasteiger partial charge in [0.25, 0.3) is 0 Å². The van der Waals surface area contributed by atoms with Crippen molar-refractivity contribution in [1.82, 2.24) is 0 Å². The highest BCUT2D eigenvalue weighted by atomic mass is 16.5. The molecule has 0 bridgehead atoms. The Morgan fingerprint density at radius 1 is 1.24 bits per heavy atom. The predicted octanol–water partition coefficient (Wildman–Crippen LogP) is 1.59. The number of methoxy groups -OCH3 is 1. The van der Waals surface area contributed by atoms with E-state index in [1.807, 2.05) is 13.8 Å². The zero-order valence-electron chi connectivity index (χ0n) is 10.0. The molecule has 1 rings (SSSR count). The van der Waals surface area contributed by atoms with Gasteiger partial charge < -0.3 is 14.8 Å². The van der Waals surface area contributed by atoms with E-state index in [1.165, 1.54) is 0 Å². The van der Waals surface area contributed by atoms with Crippen LogP contribution in [0, 0.1) is 0 Å². The van der Waals surface area contributed by atoms with Crippen LogP contribution >= 0.6 is 0 Å². The van der Waals surface area contributed by atoms with Gasteiger partial charge in [-0.1, -0.05) is 12.1 Å². The summed E-state index contributed by atoms with van der Waals surface area (Å²) in [6.07, 6.45) is -0.0221. The summed E-state index contributed by atoms with van der Waals surface area (Å²) in [6.45, 7) is 3.75. The topological polar surface area (TPSA) is 64.6 Å². The minimum Gasteiger partial charge on any atom is -0.489 e. The second-order valence-corrected chi connectivity index (χ2v) is 3.61. The fourth-order valence-electron chi connectivity index (χ4n) is 1.19. The van der Waals surface area contributed by atoms with Crippen LogP contribution in [0.5, 0.6) is 5.75 Å². The predicted molar refractivity (Wildman–Crippen MR) is 62.9 cm³/mol. The number of esters is 1. The van der Waals surface area contributed by atoms with E-state index in [9.17, 15) is 9.59 Å². The molecular weight excluding hydrogens is 222 g/mol. The van der Waals surface area contributed by atoms with Crippen molar-refractivity contribution in [3.8, 4) is 5.75 Å². The smallest absolute Gasteiger partial charge is 0.396 e. The molecular formula is C12H15NO4. The number of hydrogen-bond donors (Lipinski definition) is 1. The van der Waals surface area contributed by atoms with Gasteiger partial charge in [-0.15, -0.1) is 0 Å². The molecule has 0 aliphatic heterocycles. The van der Waals surface area contributed by atoms with Gasteiger partial charge in [-0.05, 0) is 26.0 Å². The van der Waals surface area contributed by atoms with Gasteiger partial charge in [0.1, 0.15) is 5.75 Å². The van der Waals surface area contributed by atoms with Crippen molar-refractivity contribution >= 4 is 17.6 Å². The molecule has 1 aromatic rings. The number of hydrogen-bond acceptors (Lipinski definition) is 4. The average molecular weight is 237 g/mol. The lowest BCUT2D eigenvalue weighted by Gasteiger charge is -2.14. The number of carbonyl (C=O) groups excluding carboxylic acids is 2. The van der Waals surface area contributed by atoms with E-state index in [0.29, 0.717) is 11.4 Å². The van der Waals surface area contributed by atoms with E-state index in [1.54, 1.807) is 24.3 Å². The molecule has 0 saturated carbocycles. The number of carbonyl (C=O) groups is 2. The van der Waals surface area contributed by atoms with E-state index >= 15 is 0 Å². The number of para-hydroxylation sites is 2. The van der Waals surface area contributed by atoms with Crippen LogP contribution in [0.4, 0.5) is 5.69 Å². The zero-order valence-corrected chi connectivity index (χ0v) is 10.0. The second-order valence-electron chi connectivity index (χ2n) is 3.61. The normalized spacial score (nSPS) is 9.88. The molecule has 0 unspecified atom stereocenters. The molecule has 0 aromatic heterocycles. The third-order valence-electron chi connectivity index (χ3n) is 1.87. The van der Waals surface area contributed by atoms with Crippen LogP contribution in [0.2, 0.25) is 0 Å². The molecule has 5 heteroatoms. The standard InChI is InChI=1S/C12H15NO4/c1-8(2)17-10-7-5-4-6-9(10)13-11(14)12(15)16-3/h4-8H,1-3H3,(H,13,14). The lowest BCUT2D eigenvalue weighted by Crippen LogP contribution is -2.24. The number of ether oxygens (including phenoxy) is 2. The van der Waals surface area contributed by atoms with Crippen LogP contribution in [0.15, 0.2) is 24.3 Å². The van der Waals surface area contributed by atoms with Crippen LogP contribution in [-0.4, -0.2) is 25.1 Å². The highest BCUT2D eigenvalue weighted by Crippen LogP contribution is 2.24. The summed E-state index contributed by atoms with van der Waals surface area (Å²) in [5.74, 6) is -1.25. The Kier molecular flexibility index (Phi) is 4.51. The van der Waals surface area contributed by atoms with Crippen molar-refractivity contribution in [2.75, 3.05) is 12.4 Å². The van der Waals surface area contributed by atoms with Crippen LogP contribution in [0.25, 0.3) is 0 Å². The SMILES string of the molecule is COC(=O)C(=O)Nc1ccccc1OC(C)C. The number of anilines is 1. The molecule has 92 valence electrons. The highest BCUT2D eigenvalue weighted by molar-refractivity contribution is 6.37. The van der Waals surface area contributed by atoms with Gasteiger partial charge in [-0.2, -0.15) is 0 Å². The van der Waals surface area contributed by atoms with Crippen LogP contribution in [0.3, 0.4) is 0 Å². The summed E-state index contributed by atoms with van der Waals surface area (Å²) in [6, 6.07) is 6.89. The Morgan fingerprint density at radius 2 is 1.88 bits per heavy atom. The Hall–Kier alpha value is -2.04. The van der Waals surface area contributed by atoms with E-state index in [0.717, 1.165) is 7.11 Å². The molecule has 1 amide bonds. The summed E-state index contributed by atoms with van der Waals surface area (Å²) in [7, 11) is 1.15. The molecule has 0 fully saturated rings. The van der Waals surface area contributed by atoms with Crippen LogP contribution < -0.4 is 10.1 Å².